The molecule has 2 N–H and O–H groups in total. The van der Waals surface area contributed by atoms with Crippen LogP contribution in [0.1, 0.15) is 0 Å². The van der Waals surface area contributed by atoms with Crippen molar-refractivity contribution in [3.8, 4) is 22.6 Å². The van der Waals surface area contributed by atoms with E-state index in [0.717, 1.165) is 11.4 Å². The average Bonchev–Trinajstić information content (AvgIpc) is 3.31. The molecule has 0 saturated carbocycles. The zero-order valence-corrected chi connectivity index (χ0v) is 13.4. The van der Waals surface area contributed by atoms with Crippen LogP contribution in [0.25, 0.3) is 27.5 Å². The Morgan fingerprint density at radius 1 is 1.08 bits per heavy atom. The van der Waals surface area contributed by atoms with E-state index in [1.807, 2.05) is 24.3 Å². The van der Waals surface area contributed by atoms with Gasteiger partial charge in [-0.3, -0.25) is 0 Å². The standard InChI is InChI=1S/C18H12FN7/c1-21-16-6-5-12(9-15(16)19)17-11-18(20)23-26(17)14-4-2-3-13(10-14)25-8-7-22-24-25/h2-11H,(H2,20,23). The largest absolute Gasteiger partial charge is 0.382 e. The summed E-state index contributed by atoms with van der Waals surface area (Å²) in [5.41, 5.74) is 8.58. The second-order valence-electron chi connectivity index (χ2n) is 5.51. The summed E-state index contributed by atoms with van der Waals surface area (Å²) in [5, 5.41) is 12.1. The van der Waals surface area contributed by atoms with E-state index in [2.05, 4.69) is 20.3 Å². The van der Waals surface area contributed by atoms with Crippen LogP contribution in [0, 0.1) is 12.4 Å². The fourth-order valence-corrected chi connectivity index (χ4v) is 2.67. The van der Waals surface area contributed by atoms with Gasteiger partial charge in [0.1, 0.15) is 11.6 Å². The maximum atomic E-state index is 14.0. The first-order valence-electron chi connectivity index (χ1n) is 7.66. The third-order valence-corrected chi connectivity index (χ3v) is 3.85. The molecule has 0 spiro atoms. The zero-order chi connectivity index (χ0) is 18.1. The Balaban J connectivity index is 1.83. The van der Waals surface area contributed by atoms with E-state index >= 15 is 0 Å². The van der Waals surface area contributed by atoms with Crippen molar-refractivity contribution >= 4 is 11.5 Å². The number of aromatic nitrogens is 5. The van der Waals surface area contributed by atoms with Crippen LogP contribution in [0.15, 0.2) is 60.9 Å². The van der Waals surface area contributed by atoms with Crippen LogP contribution < -0.4 is 5.73 Å². The van der Waals surface area contributed by atoms with Crippen molar-refractivity contribution in [2.75, 3.05) is 5.73 Å². The maximum Gasteiger partial charge on any atom is 0.222 e. The Labute approximate surface area is 147 Å². The molecule has 0 fully saturated rings. The van der Waals surface area contributed by atoms with Gasteiger partial charge >= 0.3 is 0 Å². The lowest BCUT2D eigenvalue weighted by Crippen LogP contribution is -2.02. The topological polar surface area (TPSA) is 78.9 Å². The van der Waals surface area contributed by atoms with Crippen molar-refractivity contribution < 1.29 is 4.39 Å². The predicted octanol–water partition coefficient (Wildman–Crippen LogP) is 3.39. The molecular weight excluding hydrogens is 333 g/mol. The molecule has 0 radical (unpaired) electrons. The van der Waals surface area contributed by atoms with E-state index < -0.39 is 5.82 Å². The highest BCUT2D eigenvalue weighted by atomic mass is 19.1. The molecule has 26 heavy (non-hydrogen) atoms. The molecule has 0 atom stereocenters. The first-order chi connectivity index (χ1) is 12.7. The Bertz CT molecular complexity index is 1120. The number of hydrogen-bond donors (Lipinski definition) is 1. The summed E-state index contributed by atoms with van der Waals surface area (Å²) < 4.78 is 17.3. The van der Waals surface area contributed by atoms with E-state index in [1.165, 1.54) is 12.1 Å². The Hall–Kier alpha value is -3.99. The van der Waals surface area contributed by atoms with Crippen LogP contribution in [-0.4, -0.2) is 24.8 Å². The zero-order valence-electron chi connectivity index (χ0n) is 13.4. The predicted molar refractivity (Wildman–Crippen MR) is 94.5 cm³/mol. The van der Waals surface area contributed by atoms with Gasteiger partial charge < -0.3 is 5.73 Å². The molecule has 2 aromatic carbocycles. The molecule has 4 rings (SSSR count). The number of anilines is 1. The second kappa shape index (κ2) is 6.14. The van der Waals surface area contributed by atoms with E-state index in [1.54, 1.807) is 33.9 Å². The van der Waals surface area contributed by atoms with Crippen molar-refractivity contribution in [3.63, 3.8) is 0 Å². The molecular formula is C18H12FN7. The van der Waals surface area contributed by atoms with Crippen molar-refractivity contribution in [1.29, 1.82) is 0 Å². The molecule has 0 aliphatic rings. The van der Waals surface area contributed by atoms with Gasteiger partial charge in [-0.05, 0) is 24.3 Å². The van der Waals surface area contributed by atoms with Gasteiger partial charge in [0.25, 0.3) is 0 Å². The summed E-state index contributed by atoms with van der Waals surface area (Å²) in [6.07, 6.45) is 3.32. The van der Waals surface area contributed by atoms with Gasteiger partial charge in [0, 0.05) is 11.6 Å². The van der Waals surface area contributed by atoms with Crippen LogP contribution in [0.3, 0.4) is 0 Å². The Morgan fingerprint density at radius 2 is 1.92 bits per heavy atom. The maximum absolute atomic E-state index is 14.0. The summed E-state index contributed by atoms with van der Waals surface area (Å²) in [5.74, 6) is -0.277. The average molecular weight is 345 g/mol. The highest BCUT2D eigenvalue weighted by molar-refractivity contribution is 5.68. The van der Waals surface area contributed by atoms with Crippen LogP contribution in [0.2, 0.25) is 0 Å². The van der Waals surface area contributed by atoms with Gasteiger partial charge in [0.15, 0.2) is 0 Å². The summed E-state index contributed by atoms with van der Waals surface area (Å²) in [4.78, 5) is 3.14. The van der Waals surface area contributed by atoms with Crippen molar-refractivity contribution in [1.82, 2.24) is 24.8 Å². The van der Waals surface area contributed by atoms with E-state index in [9.17, 15) is 4.39 Å². The molecule has 0 unspecified atom stereocenters. The van der Waals surface area contributed by atoms with Crippen molar-refractivity contribution in [2.45, 2.75) is 0 Å². The van der Waals surface area contributed by atoms with Gasteiger partial charge in [0.05, 0.1) is 36.0 Å². The molecule has 7 nitrogen and oxygen atoms in total. The number of halogens is 1. The van der Waals surface area contributed by atoms with Crippen LogP contribution in [0.4, 0.5) is 15.9 Å². The molecule has 2 aromatic heterocycles. The fourth-order valence-electron chi connectivity index (χ4n) is 2.67. The second-order valence-corrected chi connectivity index (χ2v) is 5.51. The number of hydrogen-bond acceptors (Lipinski definition) is 4. The molecule has 0 aliphatic carbocycles. The lowest BCUT2D eigenvalue weighted by molar-refractivity contribution is 0.634. The Morgan fingerprint density at radius 3 is 2.65 bits per heavy atom. The number of nitrogens with two attached hydrogens (primary N) is 1. The minimum Gasteiger partial charge on any atom is -0.382 e. The first-order valence-corrected chi connectivity index (χ1v) is 7.66. The van der Waals surface area contributed by atoms with E-state index in [4.69, 9.17) is 12.3 Å². The Kier molecular flexibility index (Phi) is 3.67. The van der Waals surface area contributed by atoms with Gasteiger partial charge in [-0.1, -0.05) is 23.4 Å². The SMILES string of the molecule is [C-]#[N+]c1ccc(-c2cc(N)nn2-c2cccc(-n3ccnn3)c2)cc1F. The van der Waals surface area contributed by atoms with E-state index in [0.29, 0.717) is 17.1 Å². The number of nitrogen functional groups attached to an aromatic ring is 1. The molecule has 0 amide bonds. The molecule has 2 heterocycles. The van der Waals surface area contributed by atoms with Crippen molar-refractivity contribution in [2.24, 2.45) is 0 Å². The first kappa shape index (κ1) is 15.5. The third-order valence-electron chi connectivity index (χ3n) is 3.85. The van der Waals surface area contributed by atoms with E-state index in [-0.39, 0.29) is 5.69 Å². The molecule has 0 aliphatic heterocycles. The molecule has 0 bridgehead atoms. The van der Waals surface area contributed by atoms with Gasteiger partial charge in [-0.25, -0.2) is 18.6 Å². The van der Waals surface area contributed by atoms with Crippen LogP contribution in [-0.2, 0) is 0 Å². The fraction of sp³-hybridized carbons (Fsp3) is 0. The van der Waals surface area contributed by atoms with Crippen LogP contribution >= 0.6 is 0 Å². The lowest BCUT2D eigenvalue weighted by Gasteiger charge is -2.10. The quantitative estimate of drug-likeness (QED) is 0.577. The van der Waals surface area contributed by atoms with Gasteiger partial charge in [0.2, 0.25) is 5.69 Å². The lowest BCUT2D eigenvalue weighted by atomic mass is 10.1. The number of nitrogens with zero attached hydrogens (tertiary/aromatic N) is 6. The minimum absolute atomic E-state index is 0.0269. The van der Waals surface area contributed by atoms with Gasteiger partial charge in [-0.15, -0.1) is 5.10 Å². The van der Waals surface area contributed by atoms with Gasteiger partial charge in [-0.2, -0.15) is 5.10 Å². The summed E-state index contributed by atoms with van der Waals surface area (Å²) in [7, 11) is 0. The number of rotatable bonds is 3. The molecule has 8 heteroatoms. The normalized spacial score (nSPS) is 10.6. The highest BCUT2D eigenvalue weighted by Crippen LogP contribution is 2.29. The molecule has 4 aromatic rings. The minimum atomic E-state index is -0.583. The van der Waals surface area contributed by atoms with Crippen LogP contribution in [0.5, 0.6) is 0 Å². The highest BCUT2D eigenvalue weighted by Gasteiger charge is 2.13. The smallest absolute Gasteiger partial charge is 0.222 e. The molecule has 0 saturated heterocycles. The number of benzene rings is 2. The monoisotopic (exact) mass is 345 g/mol. The molecule has 126 valence electrons. The van der Waals surface area contributed by atoms with Crippen molar-refractivity contribution in [3.05, 3.63) is 78.2 Å². The third kappa shape index (κ3) is 2.67. The summed E-state index contributed by atoms with van der Waals surface area (Å²) in [6, 6.07) is 13.6. The summed E-state index contributed by atoms with van der Waals surface area (Å²) in [6.45, 7) is 6.97. The summed E-state index contributed by atoms with van der Waals surface area (Å²) >= 11 is 0.